The molecule has 0 aliphatic carbocycles. The van der Waals surface area contributed by atoms with Crippen LogP contribution in [-0.2, 0) is 4.79 Å². The van der Waals surface area contributed by atoms with Gasteiger partial charge in [0.2, 0.25) is 5.91 Å². The van der Waals surface area contributed by atoms with Gasteiger partial charge in [0.25, 0.3) is 0 Å². The molecule has 0 fully saturated rings. The monoisotopic (exact) mass is 215 g/mol. The van der Waals surface area contributed by atoms with Crippen molar-refractivity contribution >= 4 is 5.91 Å². The lowest BCUT2D eigenvalue weighted by Gasteiger charge is -2.35. The van der Waals surface area contributed by atoms with Gasteiger partial charge in [-0.1, -0.05) is 0 Å². The summed E-state index contributed by atoms with van der Waals surface area (Å²) in [6.07, 6.45) is 0. The maximum Gasteiger partial charge on any atom is 0.238 e. The number of nitrogens with zero attached hydrogens (tertiary/aromatic N) is 1. The first kappa shape index (κ1) is 14.4. The SMILES string of the molecule is CC(C)NC(C)(CN(C)C(C)C)C(N)=O. The van der Waals surface area contributed by atoms with Crippen LogP contribution < -0.4 is 11.1 Å². The molecular formula is C11H25N3O. The van der Waals surface area contributed by atoms with Crippen LogP contribution in [-0.4, -0.2) is 42.0 Å². The van der Waals surface area contributed by atoms with Crippen molar-refractivity contribution in [3.05, 3.63) is 0 Å². The molecule has 1 amide bonds. The highest BCUT2D eigenvalue weighted by molar-refractivity contribution is 5.84. The molecule has 0 bridgehead atoms. The largest absolute Gasteiger partial charge is 0.368 e. The van der Waals surface area contributed by atoms with Gasteiger partial charge < -0.3 is 16.0 Å². The van der Waals surface area contributed by atoms with E-state index in [1.54, 1.807) is 0 Å². The lowest BCUT2D eigenvalue weighted by atomic mass is 9.99. The van der Waals surface area contributed by atoms with Gasteiger partial charge in [-0.25, -0.2) is 0 Å². The highest BCUT2D eigenvalue weighted by atomic mass is 16.1. The van der Waals surface area contributed by atoms with E-state index >= 15 is 0 Å². The van der Waals surface area contributed by atoms with Crippen LogP contribution in [0.3, 0.4) is 0 Å². The molecular weight excluding hydrogens is 190 g/mol. The quantitative estimate of drug-likeness (QED) is 0.681. The average Bonchev–Trinajstić information content (AvgIpc) is 2.01. The van der Waals surface area contributed by atoms with Crippen LogP contribution >= 0.6 is 0 Å². The number of nitrogens with two attached hydrogens (primary N) is 1. The Bertz CT molecular complexity index is 216. The number of rotatable bonds is 6. The number of primary amides is 1. The summed E-state index contributed by atoms with van der Waals surface area (Å²) < 4.78 is 0. The third-order valence-corrected chi connectivity index (χ3v) is 2.60. The summed E-state index contributed by atoms with van der Waals surface area (Å²) in [6.45, 7) is 10.7. The molecule has 0 radical (unpaired) electrons. The third-order valence-electron chi connectivity index (χ3n) is 2.60. The maximum absolute atomic E-state index is 11.4. The van der Waals surface area contributed by atoms with Crippen molar-refractivity contribution in [3.63, 3.8) is 0 Å². The van der Waals surface area contributed by atoms with Gasteiger partial charge in [-0.2, -0.15) is 0 Å². The summed E-state index contributed by atoms with van der Waals surface area (Å²) in [5.41, 5.74) is 4.78. The molecule has 0 heterocycles. The molecule has 0 aliphatic heterocycles. The van der Waals surface area contributed by atoms with Crippen LogP contribution in [0.4, 0.5) is 0 Å². The molecule has 0 spiro atoms. The lowest BCUT2D eigenvalue weighted by molar-refractivity contribution is -0.124. The molecule has 0 saturated carbocycles. The van der Waals surface area contributed by atoms with E-state index in [0.717, 1.165) is 0 Å². The Kier molecular flexibility index (Phi) is 5.24. The summed E-state index contributed by atoms with van der Waals surface area (Å²) in [5, 5.41) is 3.23. The average molecular weight is 215 g/mol. The zero-order valence-corrected chi connectivity index (χ0v) is 10.8. The lowest BCUT2D eigenvalue weighted by Crippen LogP contribution is -2.61. The van der Waals surface area contributed by atoms with Gasteiger partial charge in [0.05, 0.1) is 0 Å². The molecule has 0 aromatic heterocycles. The smallest absolute Gasteiger partial charge is 0.238 e. The minimum atomic E-state index is -0.660. The second-order valence-electron chi connectivity index (χ2n) is 5.00. The maximum atomic E-state index is 11.4. The molecule has 4 heteroatoms. The number of carbonyl (C=O) groups is 1. The van der Waals surface area contributed by atoms with Gasteiger partial charge >= 0.3 is 0 Å². The van der Waals surface area contributed by atoms with Gasteiger partial charge in [-0.3, -0.25) is 4.79 Å². The molecule has 0 aromatic carbocycles. The Morgan fingerprint density at radius 2 is 1.87 bits per heavy atom. The van der Waals surface area contributed by atoms with Gasteiger partial charge in [0, 0.05) is 18.6 Å². The molecule has 4 nitrogen and oxygen atoms in total. The molecule has 90 valence electrons. The van der Waals surface area contributed by atoms with E-state index in [1.807, 2.05) is 27.8 Å². The number of hydrogen-bond acceptors (Lipinski definition) is 3. The van der Waals surface area contributed by atoms with E-state index in [4.69, 9.17) is 5.73 Å². The van der Waals surface area contributed by atoms with Gasteiger partial charge in [-0.05, 0) is 41.7 Å². The van der Waals surface area contributed by atoms with Crippen molar-refractivity contribution in [2.75, 3.05) is 13.6 Å². The Morgan fingerprint density at radius 1 is 1.40 bits per heavy atom. The molecule has 0 aromatic rings. The molecule has 1 unspecified atom stereocenters. The van der Waals surface area contributed by atoms with Gasteiger partial charge in [0.15, 0.2) is 0 Å². The van der Waals surface area contributed by atoms with Gasteiger partial charge in [0.1, 0.15) is 5.54 Å². The van der Waals surface area contributed by atoms with Crippen LogP contribution in [0.15, 0.2) is 0 Å². The van der Waals surface area contributed by atoms with E-state index in [2.05, 4.69) is 24.1 Å². The van der Waals surface area contributed by atoms with Crippen LogP contribution in [0.5, 0.6) is 0 Å². The Hall–Kier alpha value is -0.610. The molecule has 1 atom stereocenters. The minimum absolute atomic E-state index is 0.239. The first-order valence-electron chi connectivity index (χ1n) is 5.47. The van der Waals surface area contributed by atoms with E-state index in [0.29, 0.717) is 12.6 Å². The fourth-order valence-corrected chi connectivity index (χ4v) is 1.51. The van der Waals surface area contributed by atoms with Crippen molar-refractivity contribution < 1.29 is 4.79 Å². The van der Waals surface area contributed by atoms with Crippen molar-refractivity contribution in [1.29, 1.82) is 0 Å². The highest BCUT2D eigenvalue weighted by Crippen LogP contribution is 2.08. The molecule has 0 saturated heterocycles. The molecule has 3 N–H and O–H groups in total. The van der Waals surface area contributed by atoms with Crippen LogP contribution in [0, 0.1) is 0 Å². The zero-order chi connectivity index (χ0) is 12.2. The second kappa shape index (κ2) is 5.47. The van der Waals surface area contributed by atoms with E-state index in [-0.39, 0.29) is 11.9 Å². The number of hydrogen-bond donors (Lipinski definition) is 2. The fourth-order valence-electron chi connectivity index (χ4n) is 1.51. The van der Waals surface area contributed by atoms with Crippen LogP contribution in [0.1, 0.15) is 34.6 Å². The Labute approximate surface area is 93.2 Å². The molecule has 15 heavy (non-hydrogen) atoms. The fraction of sp³-hybridized carbons (Fsp3) is 0.909. The predicted octanol–water partition coefficient (Wildman–Crippen LogP) is 0.569. The zero-order valence-electron chi connectivity index (χ0n) is 10.8. The first-order valence-corrected chi connectivity index (χ1v) is 5.47. The molecule has 0 aliphatic rings. The van der Waals surface area contributed by atoms with E-state index in [1.165, 1.54) is 0 Å². The number of carbonyl (C=O) groups excluding carboxylic acids is 1. The summed E-state index contributed by atoms with van der Waals surface area (Å²) in [7, 11) is 1.99. The van der Waals surface area contributed by atoms with E-state index in [9.17, 15) is 4.79 Å². The van der Waals surface area contributed by atoms with Crippen LogP contribution in [0.25, 0.3) is 0 Å². The normalized spacial score (nSPS) is 16.1. The molecule has 0 rings (SSSR count). The summed E-state index contributed by atoms with van der Waals surface area (Å²) in [4.78, 5) is 13.6. The van der Waals surface area contributed by atoms with Crippen molar-refractivity contribution in [3.8, 4) is 0 Å². The van der Waals surface area contributed by atoms with E-state index < -0.39 is 5.54 Å². The first-order chi connectivity index (χ1) is 6.69. The van der Waals surface area contributed by atoms with Crippen molar-refractivity contribution in [1.82, 2.24) is 10.2 Å². The summed E-state index contributed by atoms with van der Waals surface area (Å²) in [6, 6.07) is 0.640. The third kappa shape index (κ3) is 4.62. The Morgan fingerprint density at radius 3 is 2.13 bits per heavy atom. The number of likely N-dealkylation sites (N-methyl/N-ethyl adjacent to an activating group) is 1. The predicted molar refractivity (Wildman–Crippen MR) is 63.6 cm³/mol. The van der Waals surface area contributed by atoms with Crippen molar-refractivity contribution in [2.45, 2.75) is 52.2 Å². The minimum Gasteiger partial charge on any atom is -0.368 e. The van der Waals surface area contributed by atoms with Gasteiger partial charge in [-0.15, -0.1) is 0 Å². The summed E-state index contributed by atoms with van der Waals surface area (Å²) in [5.74, 6) is -0.302. The second-order valence-corrected chi connectivity index (χ2v) is 5.00. The highest BCUT2D eigenvalue weighted by Gasteiger charge is 2.33. The summed E-state index contributed by atoms with van der Waals surface area (Å²) >= 11 is 0. The standard InChI is InChI=1S/C11H25N3O/c1-8(2)13-11(5,10(12)15)7-14(6)9(3)4/h8-9,13H,7H2,1-6H3,(H2,12,15). The van der Waals surface area contributed by atoms with Crippen LogP contribution in [0.2, 0.25) is 0 Å². The number of nitrogens with one attached hydrogen (secondary N) is 1. The number of amides is 1. The Balaban J connectivity index is 4.58. The topological polar surface area (TPSA) is 58.4 Å². The van der Waals surface area contributed by atoms with Crippen molar-refractivity contribution in [2.24, 2.45) is 5.73 Å².